The summed E-state index contributed by atoms with van der Waals surface area (Å²) in [5.74, 6) is 1.81. The molecule has 0 atom stereocenters. The molecule has 0 aliphatic heterocycles. The molecule has 0 radical (unpaired) electrons. The van der Waals surface area contributed by atoms with Gasteiger partial charge in [0.2, 0.25) is 0 Å². The third-order valence-corrected chi connectivity index (χ3v) is 2.82. The van der Waals surface area contributed by atoms with Crippen molar-refractivity contribution in [1.82, 2.24) is 5.32 Å². The molecule has 0 aliphatic rings. The maximum absolute atomic E-state index is 5.40. The Balaban J connectivity index is 2.32. The Morgan fingerprint density at radius 3 is 2.56 bits per heavy atom. The standard InChI is InChI=1S/C14H25NO/c1-11(2)8-14(4,5)10-15-9-13-12(3)6-7-16-13/h6-7,11,15H,8-10H2,1-5H3. The predicted octanol–water partition coefficient (Wildman–Crippen LogP) is 3.75. The van der Waals surface area contributed by atoms with Gasteiger partial charge in [-0.05, 0) is 36.3 Å². The summed E-state index contributed by atoms with van der Waals surface area (Å²) >= 11 is 0. The fourth-order valence-electron chi connectivity index (χ4n) is 2.28. The van der Waals surface area contributed by atoms with Crippen LogP contribution in [0.2, 0.25) is 0 Å². The van der Waals surface area contributed by atoms with Gasteiger partial charge in [-0.1, -0.05) is 27.7 Å². The van der Waals surface area contributed by atoms with Crippen LogP contribution in [-0.2, 0) is 6.54 Å². The third-order valence-electron chi connectivity index (χ3n) is 2.82. The summed E-state index contributed by atoms with van der Waals surface area (Å²) in [4.78, 5) is 0. The van der Waals surface area contributed by atoms with Crippen molar-refractivity contribution in [2.45, 2.75) is 47.6 Å². The molecule has 0 aromatic carbocycles. The summed E-state index contributed by atoms with van der Waals surface area (Å²) in [5, 5.41) is 3.48. The summed E-state index contributed by atoms with van der Waals surface area (Å²) in [6.45, 7) is 13.1. The second-order valence-corrected chi connectivity index (χ2v) is 5.89. The van der Waals surface area contributed by atoms with Gasteiger partial charge in [-0.25, -0.2) is 0 Å². The zero-order valence-corrected chi connectivity index (χ0v) is 11.3. The summed E-state index contributed by atoms with van der Waals surface area (Å²) in [6.07, 6.45) is 3.00. The van der Waals surface area contributed by atoms with Crippen LogP contribution in [0.15, 0.2) is 16.7 Å². The summed E-state index contributed by atoms with van der Waals surface area (Å²) < 4.78 is 5.40. The number of furan rings is 1. The Kier molecular flexibility index (Phi) is 4.60. The molecule has 0 saturated carbocycles. The zero-order chi connectivity index (χ0) is 12.2. The van der Waals surface area contributed by atoms with Crippen molar-refractivity contribution in [3.8, 4) is 0 Å². The van der Waals surface area contributed by atoms with Crippen LogP contribution in [0, 0.1) is 18.3 Å². The molecule has 0 aliphatic carbocycles. The number of hydrogen-bond donors (Lipinski definition) is 1. The van der Waals surface area contributed by atoms with Crippen LogP contribution < -0.4 is 5.32 Å². The third kappa shape index (κ3) is 4.40. The van der Waals surface area contributed by atoms with Crippen molar-refractivity contribution in [3.63, 3.8) is 0 Å². The van der Waals surface area contributed by atoms with E-state index in [-0.39, 0.29) is 0 Å². The van der Waals surface area contributed by atoms with E-state index in [1.807, 2.05) is 6.07 Å². The molecule has 0 bridgehead atoms. The molecule has 1 aromatic heterocycles. The van der Waals surface area contributed by atoms with Crippen LogP contribution >= 0.6 is 0 Å². The van der Waals surface area contributed by atoms with Crippen LogP contribution in [0.1, 0.15) is 45.4 Å². The van der Waals surface area contributed by atoms with Crippen LogP contribution in [0.3, 0.4) is 0 Å². The lowest BCUT2D eigenvalue weighted by Crippen LogP contribution is -2.30. The lowest BCUT2D eigenvalue weighted by atomic mass is 9.84. The Labute approximate surface area is 99.4 Å². The van der Waals surface area contributed by atoms with E-state index in [0.29, 0.717) is 5.41 Å². The first-order chi connectivity index (χ1) is 7.41. The summed E-state index contributed by atoms with van der Waals surface area (Å²) in [6, 6.07) is 2.01. The van der Waals surface area contributed by atoms with E-state index >= 15 is 0 Å². The molecule has 0 spiro atoms. The molecule has 1 rings (SSSR count). The average Bonchev–Trinajstić information content (AvgIpc) is 2.49. The monoisotopic (exact) mass is 223 g/mol. The molecule has 2 heteroatoms. The average molecular weight is 223 g/mol. The van der Waals surface area contributed by atoms with E-state index in [0.717, 1.165) is 24.8 Å². The largest absolute Gasteiger partial charge is 0.468 e. The second kappa shape index (κ2) is 5.53. The summed E-state index contributed by atoms with van der Waals surface area (Å²) in [7, 11) is 0. The first kappa shape index (κ1) is 13.3. The quantitative estimate of drug-likeness (QED) is 0.794. The first-order valence-corrected chi connectivity index (χ1v) is 6.14. The second-order valence-electron chi connectivity index (χ2n) is 5.89. The fourth-order valence-corrected chi connectivity index (χ4v) is 2.28. The van der Waals surface area contributed by atoms with Crippen LogP contribution in [0.4, 0.5) is 0 Å². The maximum atomic E-state index is 5.40. The van der Waals surface area contributed by atoms with Crippen molar-refractivity contribution < 1.29 is 4.42 Å². The molecule has 1 N–H and O–H groups in total. The predicted molar refractivity (Wildman–Crippen MR) is 68.4 cm³/mol. The molecule has 16 heavy (non-hydrogen) atoms. The maximum Gasteiger partial charge on any atom is 0.120 e. The van der Waals surface area contributed by atoms with E-state index in [2.05, 4.69) is 39.9 Å². The van der Waals surface area contributed by atoms with Gasteiger partial charge >= 0.3 is 0 Å². The molecule has 92 valence electrons. The molecule has 2 nitrogen and oxygen atoms in total. The SMILES string of the molecule is Cc1ccoc1CNCC(C)(C)CC(C)C. The smallest absolute Gasteiger partial charge is 0.120 e. The van der Waals surface area contributed by atoms with Gasteiger partial charge < -0.3 is 9.73 Å². The highest BCUT2D eigenvalue weighted by atomic mass is 16.3. The summed E-state index contributed by atoms with van der Waals surface area (Å²) in [5.41, 5.74) is 1.59. The van der Waals surface area contributed by atoms with E-state index in [1.165, 1.54) is 12.0 Å². The Morgan fingerprint density at radius 2 is 2.06 bits per heavy atom. The Bertz CT molecular complexity index is 312. The Morgan fingerprint density at radius 1 is 1.38 bits per heavy atom. The van der Waals surface area contributed by atoms with E-state index < -0.39 is 0 Å². The number of aryl methyl sites for hydroxylation is 1. The molecular weight excluding hydrogens is 198 g/mol. The van der Waals surface area contributed by atoms with E-state index in [9.17, 15) is 0 Å². The van der Waals surface area contributed by atoms with Gasteiger partial charge in [0.1, 0.15) is 5.76 Å². The molecule has 0 saturated heterocycles. The van der Waals surface area contributed by atoms with Crippen LogP contribution in [0.25, 0.3) is 0 Å². The lowest BCUT2D eigenvalue weighted by molar-refractivity contribution is 0.269. The van der Waals surface area contributed by atoms with Gasteiger partial charge in [0.15, 0.2) is 0 Å². The van der Waals surface area contributed by atoms with Gasteiger partial charge in [-0.15, -0.1) is 0 Å². The van der Waals surface area contributed by atoms with E-state index in [4.69, 9.17) is 4.42 Å². The topological polar surface area (TPSA) is 25.2 Å². The molecule has 0 unspecified atom stereocenters. The van der Waals surface area contributed by atoms with Gasteiger partial charge in [0.05, 0.1) is 12.8 Å². The lowest BCUT2D eigenvalue weighted by Gasteiger charge is -2.26. The number of nitrogens with one attached hydrogen (secondary N) is 1. The minimum Gasteiger partial charge on any atom is -0.468 e. The van der Waals surface area contributed by atoms with Crippen molar-refractivity contribution in [1.29, 1.82) is 0 Å². The van der Waals surface area contributed by atoms with Crippen LogP contribution in [0.5, 0.6) is 0 Å². The minimum atomic E-state index is 0.356. The van der Waals surface area contributed by atoms with Crippen molar-refractivity contribution >= 4 is 0 Å². The van der Waals surface area contributed by atoms with Gasteiger partial charge in [-0.3, -0.25) is 0 Å². The number of rotatable bonds is 6. The molecule has 0 fully saturated rings. The highest BCUT2D eigenvalue weighted by molar-refractivity contribution is 5.14. The minimum absolute atomic E-state index is 0.356. The fraction of sp³-hybridized carbons (Fsp3) is 0.714. The molecule has 1 aromatic rings. The van der Waals surface area contributed by atoms with Gasteiger partial charge in [0, 0.05) is 6.54 Å². The normalized spacial score (nSPS) is 12.4. The van der Waals surface area contributed by atoms with Crippen molar-refractivity contribution in [2.75, 3.05) is 6.54 Å². The van der Waals surface area contributed by atoms with Crippen molar-refractivity contribution in [3.05, 3.63) is 23.7 Å². The highest BCUT2D eigenvalue weighted by Crippen LogP contribution is 2.24. The zero-order valence-electron chi connectivity index (χ0n) is 11.3. The molecule has 1 heterocycles. The van der Waals surface area contributed by atoms with E-state index in [1.54, 1.807) is 6.26 Å². The van der Waals surface area contributed by atoms with Crippen LogP contribution in [-0.4, -0.2) is 6.54 Å². The van der Waals surface area contributed by atoms with Gasteiger partial charge in [-0.2, -0.15) is 0 Å². The molecular formula is C14H25NO. The molecule has 0 amide bonds. The Hall–Kier alpha value is -0.760. The number of hydrogen-bond acceptors (Lipinski definition) is 2. The van der Waals surface area contributed by atoms with Crippen molar-refractivity contribution in [2.24, 2.45) is 11.3 Å². The first-order valence-electron chi connectivity index (χ1n) is 6.14. The van der Waals surface area contributed by atoms with Gasteiger partial charge in [0.25, 0.3) is 0 Å². The highest BCUT2D eigenvalue weighted by Gasteiger charge is 2.19.